The van der Waals surface area contributed by atoms with Gasteiger partial charge in [0, 0.05) is 16.0 Å². The summed E-state index contributed by atoms with van der Waals surface area (Å²) in [6.07, 6.45) is 2.44. The van der Waals surface area contributed by atoms with Gasteiger partial charge < -0.3 is 4.90 Å². The number of unbranched alkanes of at least 4 members (excludes halogenated alkanes) is 1. The van der Waals surface area contributed by atoms with Gasteiger partial charge in [0.05, 0.1) is 12.1 Å². The quantitative estimate of drug-likeness (QED) is 0.636. The van der Waals surface area contributed by atoms with Gasteiger partial charge in [-0.2, -0.15) is 0 Å². The molecule has 2 aromatic carbocycles. The first-order valence-electron chi connectivity index (χ1n) is 8.16. The van der Waals surface area contributed by atoms with Gasteiger partial charge in [-0.15, -0.1) is 0 Å². The predicted octanol–water partition coefficient (Wildman–Crippen LogP) is 5.75. The first-order valence-corrected chi connectivity index (χ1v) is 9.33. The lowest BCUT2D eigenvalue weighted by atomic mass is 10.0. The summed E-state index contributed by atoms with van der Waals surface area (Å²) in [4.78, 5) is 14.8. The minimum atomic E-state index is 0.135. The van der Waals surface area contributed by atoms with Gasteiger partial charge in [0.25, 0.3) is 0 Å². The van der Waals surface area contributed by atoms with Crippen molar-refractivity contribution in [3.05, 3.63) is 70.2 Å². The molecule has 0 aliphatic carbocycles. The van der Waals surface area contributed by atoms with E-state index in [2.05, 4.69) is 28.9 Å². The van der Waals surface area contributed by atoms with Crippen molar-refractivity contribution >= 4 is 43.6 Å². The number of nitrogens with zero attached hydrogens (tertiary/aromatic N) is 1. The zero-order chi connectivity index (χ0) is 17.1. The van der Waals surface area contributed by atoms with E-state index in [4.69, 9.17) is 11.6 Å². The number of carbonyl (C=O) groups excluding carboxylic acids is 1. The molecule has 2 aromatic rings. The number of halogens is 2. The Kier molecular flexibility index (Phi) is 5.42. The zero-order valence-electron chi connectivity index (χ0n) is 13.6. The molecule has 2 nitrogen and oxygen atoms in total. The molecule has 0 aromatic heterocycles. The summed E-state index contributed by atoms with van der Waals surface area (Å²) in [6.45, 7) is 2.86. The number of amides is 1. The molecule has 1 aliphatic rings. The van der Waals surface area contributed by atoms with Crippen LogP contribution in [-0.4, -0.2) is 17.4 Å². The third kappa shape index (κ3) is 3.42. The van der Waals surface area contributed by atoms with Gasteiger partial charge >= 0.3 is 0 Å². The molecule has 4 heteroatoms. The van der Waals surface area contributed by atoms with Gasteiger partial charge in [-0.1, -0.05) is 61.3 Å². The lowest BCUT2D eigenvalue weighted by Gasteiger charge is -2.25. The summed E-state index contributed by atoms with van der Waals surface area (Å²) >= 11 is 9.81. The first-order chi connectivity index (χ1) is 11.6. The van der Waals surface area contributed by atoms with Crippen molar-refractivity contribution in [2.24, 2.45) is 0 Å². The monoisotopic (exact) mass is 403 g/mol. The van der Waals surface area contributed by atoms with Crippen molar-refractivity contribution in [3.8, 4) is 0 Å². The fourth-order valence-corrected chi connectivity index (χ4v) is 3.92. The average Bonchev–Trinajstić information content (AvgIpc) is 2.69. The van der Waals surface area contributed by atoms with Crippen LogP contribution in [0.4, 0.5) is 0 Å². The molecule has 0 atom stereocenters. The maximum absolute atomic E-state index is 12.9. The molecule has 0 saturated carbocycles. The van der Waals surface area contributed by atoms with E-state index in [1.807, 2.05) is 47.4 Å². The second-order valence-electron chi connectivity index (χ2n) is 5.90. The smallest absolute Gasteiger partial charge is 0.231 e. The van der Waals surface area contributed by atoms with Crippen molar-refractivity contribution in [1.29, 1.82) is 0 Å². The molecule has 0 spiro atoms. The summed E-state index contributed by atoms with van der Waals surface area (Å²) in [7, 11) is 0. The third-order valence-corrected chi connectivity index (χ3v) is 5.28. The highest BCUT2D eigenvalue weighted by atomic mass is 79.9. The Bertz CT molecular complexity index is 782. The first kappa shape index (κ1) is 17.2. The van der Waals surface area contributed by atoms with Gasteiger partial charge in [-0.05, 0) is 51.2 Å². The van der Waals surface area contributed by atoms with Crippen molar-refractivity contribution in [2.45, 2.75) is 26.2 Å². The maximum Gasteiger partial charge on any atom is 0.231 e. The van der Waals surface area contributed by atoms with Gasteiger partial charge in [0.2, 0.25) is 5.91 Å². The van der Waals surface area contributed by atoms with Crippen LogP contribution in [0.2, 0.25) is 5.02 Å². The SMILES string of the molecule is CCCCN1C(=O)Cc2ccccc2C(Br)=C1c1ccc(Cl)cc1. The molecule has 3 rings (SSSR count). The summed E-state index contributed by atoms with van der Waals surface area (Å²) in [5.74, 6) is 0.135. The molecule has 24 heavy (non-hydrogen) atoms. The predicted molar refractivity (Wildman–Crippen MR) is 104 cm³/mol. The van der Waals surface area contributed by atoms with E-state index >= 15 is 0 Å². The van der Waals surface area contributed by atoms with Gasteiger partial charge in [0.15, 0.2) is 0 Å². The third-order valence-electron chi connectivity index (χ3n) is 4.23. The molecule has 124 valence electrons. The van der Waals surface area contributed by atoms with E-state index in [1.165, 1.54) is 0 Å². The number of benzene rings is 2. The minimum Gasteiger partial charge on any atom is -0.310 e. The summed E-state index contributed by atoms with van der Waals surface area (Å²) in [5.41, 5.74) is 4.05. The maximum atomic E-state index is 12.9. The van der Waals surface area contributed by atoms with Crippen LogP contribution in [0.15, 0.2) is 48.5 Å². The summed E-state index contributed by atoms with van der Waals surface area (Å²) < 4.78 is 0.961. The summed E-state index contributed by atoms with van der Waals surface area (Å²) in [5, 5.41) is 0.691. The lowest BCUT2D eigenvalue weighted by Crippen LogP contribution is -2.31. The van der Waals surface area contributed by atoms with E-state index in [0.29, 0.717) is 11.4 Å². The Morgan fingerprint density at radius 3 is 2.54 bits per heavy atom. The van der Waals surface area contributed by atoms with Gasteiger partial charge in [-0.25, -0.2) is 0 Å². The van der Waals surface area contributed by atoms with Crippen LogP contribution in [0.25, 0.3) is 10.2 Å². The topological polar surface area (TPSA) is 20.3 Å². The molecule has 0 radical (unpaired) electrons. The highest BCUT2D eigenvalue weighted by Gasteiger charge is 2.27. The molecular formula is C20H19BrClNO. The van der Waals surface area contributed by atoms with E-state index in [-0.39, 0.29) is 5.91 Å². The molecular weight excluding hydrogens is 386 g/mol. The fraction of sp³-hybridized carbons (Fsp3) is 0.250. The van der Waals surface area contributed by atoms with Crippen LogP contribution in [0.5, 0.6) is 0 Å². The second kappa shape index (κ2) is 7.54. The van der Waals surface area contributed by atoms with Crippen LogP contribution < -0.4 is 0 Å². The van der Waals surface area contributed by atoms with Crippen molar-refractivity contribution in [2.75, 3.05) is 6.54 Å². The summed E-state index contributed by atoms with van der Waals surface area (Å²) in [6, 6.07) is 15.7. The van der Waals surface area contributed by atoms with Crippen LogP contribution >= 0.6 is 27.5 Å². The highest BCUT2D eigenvalue weighted by Crippen LogP contribution is 2.38. The fourth-order valence-electron chi connectivity index (χ4n) is 2.96. The molecule has 1 aliphatic heterocycles. The van der Waals surface area contributed by atoms with Crippen LogP contribution in [0.1, 0.15) is 36.5 Å². The number of hydrogen-bond acceptors (Lipinski definition) is 1. The van der Waals surface area contributed by atoms with E-state index in [0.717, 1.165) is 46.3 Å². The number of rotatable bonds is 4. The average molecular weight is 405 g/mol. The highest BCUT2D eigenvalue weighted by molar-refractivity contribution is 9.15. The molecule has 0 N–H and O–H groups in total. The van der Waals surface area contributed by atoms with Crippen molar-refractivity contribution in [1.82, 2.24) is 4.90 Å². The lowest BCUT2D eigenvalue weighted by molar-refractivity contribution is -0.127. The number of carbonyl (C=O) groups is 1. The van der Waals surface area contributed by atoms with Crippen LogP contribution in [0, 0.1) is 0 Å². The zero-order valence-corrected chi connectivity index (χ0v) is 15.9. The van der Waals surface area contributed by atoms with Crippen molar-refractivity contribution in [3.63, 3.8) is 0 Å². The second-order valence-corrected chi connectivity index (χ2v) is 7.13. The van der Waals surface area contributed by atoms with E-state index < -0.39 is 0 Å². The Morgan fingerprint density at radius 1 is 1.12 bits per heavy atom. The molecule has 0 bridgehead atoms. The van der Waals surface area contributed by atoms with Crippen molar-refractivity contribution < 1.29 is 4.79 Å². The van der Waals surface area contributed by atoms with Gasteiger partial charge in [-0.3, -0.25) is 4.79 Å². The Hall–Kier alpha value is -1.58. The molecule has 0 fully saturated rings. The standard InChI is InChI=1S/C20H19BrClNO/c1-2-3-12-23-18(24)13-15-6-4-5-7-17(15)19(21)20(23)14-8-10-16(22)11-9-14/h4-11H,2-3,12-13H2,1H3. The number of fused-ring (bicyclic) bond motifs is 1. The number of hydrogen-bond donors (Lipinski definition) is 0. The van der Waals surface area contributed by atoms with Crippen LogP contribution in [0.3, 0.4) is 0 Å². The molecule has 1 amide bonds. The Balaban J connectivity index is 2.18. The Labute approximate surface area is 156 Å². The van der Waals surface area contributed by atoms with E-state index in [1.54, 1.807) is 0 Å². The largest absolute Gasteiger partial charge is 0.310 e. The Morgan fingerprint density at radius 2 is 1.83 bits per heavy atom. The van der Waals surface area contributed by atoms with Crippen LogP contribution in [-0.2, 0) is 11.2 Å². The normalized spacial score (nSPS) is 14.6. The molecule has 0 saturated heterocycles. The molecule has 0 unspecified atom stereocenters. The van der Waals surface area contributed by atoms with E-state index in [9.17, 15) is 4.79 Å². The minimum absolute atomic E-state index is 0.135. The molecule has 1 heterocycles. The van der Waals surface area contributed by atoms with Gasteiger partial charge in [0.1, 0.15) is 0 Å².